The average molecular weight is 326 g/mol. The smallest absolute Gasteiger partial charge is 0.254 e. The largest absolute Gasteiger partial charge is 0.399 e. The summed E-state index contributed by atoms with van der Waals surface area (Å²) in [5, 5.41) is 1.93. The third kappa shape index (κ3) is 3.08. The monoisotopic (exact) mass is 325 g/mol. The SMILES string of the molecule is CN(Cc1cscn1)C(=O)c1cc(N)cc(Br)c1. The second-order valence-corrected chi connectivity index (χ2v) is 5.55. The number of nitrogens with zero attached hydrogens (tertiary/aromatic N) is 2. The summed E-state index contributed by atoms with van der Waals surface area (Å²) in [5.74, 6) is -0.0731. The molecule has 1 aromatic heterocycles. The first kappa shape index (κ1) is 13.0. The van der Waals surface area contributed by atoms with Gasteiger partial charge in [-0.3, -0.25) is 4.79 Å². The Kier molecular flexibility index (Phi) is 3.98. The molecule has 2 N–H and O–H groups in total. The predicted molar refractivity (Wildman–Crippen MR) is 76.5 cm³/mol. The number of benzene rings is 1. The lowest BCUT2D eigenvalue weighted by atomic mass is 10.2. The maximum atomic E-state index is 12.2. The predicted octanol–water partition coefficient (Wildman–Crippen LogP) is 2.76. The quantitative estimate of drug-likeness (QED) is 0.883. The highest BCUT2D eigenvalue weighted by Crippen LogP contribution is 2.19. The minimum Gasteiger partial charge on any atom is -0.399 e. The van der Waals surface area contributed by atoms with Crippen LogP contribution in [0.25, 0.3) is 0 Å². The Morgan fingerprint density at radius 3 is 2.89 bits per heavy atom. The van der Waals surface area contributed by atoms with E-state index in [1.165, 1.54) is 11.3 Å². The lowest BCUT2D eigenvalue weighted by Gasteiger charge is -2.16. The average Bonchev–Trinajstić information content (AvgIpc) is 2.79. The molecular weight excluding hydrogens is 314 g/mol. The van der Waals surface area contributed by atoms with Crippen molar-refractivity contribution in [3.05, 3.63) is 44.8 Å². The van der Waals surface area contributed by atoms with Crippen LogP contribution in [0.15, 0.2) is 33.6 Å². The van der Waals surface area contributed by atoms with Crippen LogP contribution < -0.4 is 5.73 Å². The summed E-state index contributed by atoms with van der Waals surface area (Å²) in [6, 6.07) is 5.19. The molecule has 4 nitrogen and oxygen atoms in total. The van der Waals surface area contributed by atoms with Crippen LogP contribution in [-0.2, 0) is 6.54 Å². The minimum atomic E-state index is -0.0731. The van der Waals surface area contributed by atoms with Crippen LogP contribution in [0.2, 0.25) is 0 Å². The number of nitrogens with two attached hydrogens (primary N) is 1. The number of carbonyl (C=O) groups is 1. The molecule has 0 saturated heterocycles. The summed E-state index contributed by atoms with van der Waals surface area (Å²) < 4.78 is 0.799. The van der Waals surface area contributed by atoms with Gasteiger partial charge in [-0.1, -0.05) is 15.9 Å². The molecular formula is C12H12BrN3OS. The first-order valence-corrected chi connectivity index (χ1v) is 6.98. The summed E-state index contributed by atoms with van der Waals surface area (Å²) in [6.07, 6.45) is 0. The van der Waals surface area contributed by atoms with E-state index in [1.54, 1.807) is 35.7 Å². The molecule has 2 rings (SSSR count). The first-order chi connectivity index (χ1) is 8.56. The van der Waals surface area contributed by atoms with Crippen LogP contribution >= 0.6 is 27.3 Å². The number of thiazole rings is 1. The van der Waals surface area contributed by atoms with Crippen LogP contribution in [0.3, 0.4) is 0 Å². The van der Waals surface area contributed by atoms with Crippen LogP contribution in [-0.4, -0.2) is 22.8 Å². The van der Waals surface area contributed by atoms with Gasteiger partial charge in [0.15, 0.2) is 0 Å². The fourth-order valence-corrected chi connectivity index (χ4v) is 2.65. The summed E-state index contributed by atoms with van der Waals surface area (Å²) in [6.45, 7) is 0.495. The van der Waals surface area contributed by atoms with Crippen molar-refractivity contribution in [2.45, 2.75) is 6.54 Å². The third-order valence-electron chi connectivity index (χ3n) is 2.40. The van der Waals surface area contributed by atoms with Crippen LogP contribution in [0, 0.1) is 0 Å². The number of amides is 1. The maximum absolute atomic E-state index is 12.2. The zero-order valence-corrected chi connectivity index (χ0v) is 12.2. The second-order valence-electron chi connectivity index (χ2n) is 3.91. The van der Waals surface area contributed by atoms with Crippen molar-refractivity contribution < 1.29 is 4.79 Å². The van der Waals surface area contributed by atoms with Crippen LogP contribution in [0.1, 0.15) is 16.1 Å². The van der Waals surface area contributed by atoms with E-state index in [-0.39, 0.29) is 5.91 Å². The van der Waals surface area contributed by atoms with Crippen molar-refractivity contribution in [1.82, 2.24) is 9.88 Å². The van der Waals surface area contributed by atoms with Gasteiger partial charge in [0, 0.05) is 28.2 Å². The summed E-state index contributed by atoms with van der Waals surface area (Å²) in [7, 11) is 1.75. The van der Waals surface area contributed by atoms with E-state index in [4.69, 9.17) is 5.73 Å². The lowest BCUT2D eigenvalue weighted by Crippen LogP contribution is -2.26. The Morgan fingerprint density at radius 1 is 1.50 bits per heavy atom. The number of aromatic nitrogens is 1. The zero-order chi connectivity index (χ0) is 13.1. The molecule has 0 radical (unpaired) electrons. The Bertz CT molecular complexity index is 536. The minimum absolute atomic E-state index is 0.0731. The molecule has 0 spiro atoms. The van der Waals surface area contributed by atoms with Gasteiger partial charge in [-0.2, -0.15) is 0 Å². The van der Waals surface area contributed by atoms with E-state index in [0.717, 1.165) is 10.2 Å². The molecule has 1 heterocycles. The van der Waals surface area contributed by atoms with Gasteiger partial charge in [0.2, 0.25) is 0 Å². The standard InChI is InChI=1S/C12H12BrN3OS/c1-16(5-11-6-18-7-15-11)12(17)8-2-9(13)4-10(14)3-8/h2-4,6-7H,5,14H2,1H3. The molecule has 0 aliphatic heterocycles. The Morgan fingerprint density at radius 2 is 2.28 bits per heavy atom. The van der Waals surface area contributed by atoms with E-state index in [9.17, 15) is 4.79 Å². The van der Waals surface area contributed by atoms with Crippen molar-refractivity contribution in [3.63, 3.8) is 0 Å². The normalized spacial score (nSPS) is 10.3. The van der Waals surface area contributed by atoms with Crippen molar-refractivity contribution in [2.75, 3.05) is 12.8 Å². The van der Waals surface area contributed by atoms with E-state index in [0.29, 0.717) is 17.8 Å². The maximum Gasteiger partial charge on any atom is 0.254 e. The number of rotatable bonds is 3. The van der Waals surface area contributed by atoms with Crippen molar-refractivity contribution in [2.24, 2.45) is 0 Å². The molecule has 0 saturated carbocycles. The van der Waals surface area contributed by atoms with Crippen molar-refractivity contribution in [3.8, 4) is 0 Å². The lowest BCUT2D eigenvalue weighted by molar-refractivity contribution is 0.0783. The summed E-state index contributed by atoms with van der Waals surface area (Å²) in [4.78, 5) is 18.0. The fraction of sp³-hybridized carbons (Fsp3) is 0.167. The van der Waals surface area contributed by atoms with Gasteiger partial charge in [0.25, 0.3) is 5.91 Å². The second kappa shape index (κ2) is 5.49. The van der Waals surface area contributed by atoms with E-state index < -0.39 is 0 Å². The Labute approximate surface area is 118 Å². The van der Waals surface area contributed by atoms with Gasteiger partial charge in [-0.05, 0) is 18.2 Å². The van der Waals surface area contributed by atoms with Gasteiger partial charge in [-0.25, -0.2) is 4.98 Å². The highest BCUT2D eigenvalue weighted by Gasteiger charge is 2.13. The molecule has 0 bridgehead atoms. The van der Waals surface area contributed by atoms with E-state index >= 15 is 0 Å². The Balaban J connectivity index is 2.15. The molecule has 94 valence electrons. The topological polar surface area (TPSA) is 59.2 Å². The van der Waals surface area contributed by atoms with Gasteiger partial charge in [0.1, 0.15) is 0 Å². The summed E-state index contributed by atoms with van der Waals surface area (Å²) in [5.41, 5.74) is 9.50. The highest BCUT2D eigenvalue weighted by atomic mass is 79.9. The molecule has 0 unspecified atom stereocenters. The van der Waals surface area contributed by atoms with Gasteiger partial charge < -0.3 is 10.6 Å². The molecule has 6 heteroatoms. The van der Waals surface area contributed by atoms with E-state index in [1.807, 2.05) is 5.38 Å². The number of halogens is 1. The molecule has 0 atom stereocenters. The molecule has 0 aliphatic carbocycles. The number of nitrogen functional groups attached to an aromatic ring is 1. The van der Waals surface area contributed by atoms with Crippen LogP contribution in [0.4, 0.5) is 5.69 Å². The highest BCUT2D eigenvalue weighted by molar-refractivity contribution is 9.10. The van der Waals surface area contributed by atoms with Crippen molar-refractivity contribution >= 4 is 38.9 Å². The first-order valence-electron chi connectivity index (χ1n) is 5.25. The number of carbonyl (C=O) groups excluding carboxylic acids is 1. The fourth-order valence-electron chi connectivity index (χ4n) is 1.59. The number of hydrogen-bond acceptors (Lipinski definition) is 4. The van der Waals surface area contributed by atoms with Crippen molar-refractivity contribution in [1.29, 1.82) is 0 Å². The zero-order valence-electron chi connectivity index (χ0n) is 9.76. The van der Waals surface area contributed by atoms with Gasteiger partial charge in [0.05, 0.1) is 17.7 Å². The number of anilines is 1. The molecule has 18 heavy (non-hydrogen) atoms. The third-order valence-corrected chi connectivity index (χ3v) is 3.49. The van der Waals surface area contributed by atoms with Crippen LogP contribution in [0.5, 0.6) is 0 Å². The molecule has 2 aromatic rings. The molecule has 0 fully saturated rings. The molecule has 1 amide bonds. The molecule has 1 aromatic carbocycles. The van der Waals surface area contributed by atoms with E-state index in [2.05, 4.69) is 20.9 Å². The van der Waals surface area contributed by atoms with Gasteiger partial charge in [-0.15, -0.1) is 11.3 Å². The number of hydrogen-bond donors (Lipinski definition) is 1. The summed E-state index contributed by atoms with van der Waals surface area (Å²) >= 11 is 4.85. The molecule has 0 aliphatic rings. The van der Waals surface area contributed by atoms with Gasteiger partial charge >= 0.3 is 0 Å². The Hall–Kier alpha value is -1.40.